The van der Waals surface area contributed by atoms with Crippen LogP contribution in [0.3, 0.4) is 0 Å². The molecule has 0 saturated heterocycles. The van der Waals surface area contributed by atoms with Gasteiger partial charge in [-0.25, -0.2) is 8.42 Å². The minimum absolute atomic E-state index is 0. The summed E-state index contributed by atoms with van der Waals surface area (Å²) in [5.74, 6) is 0. The van der Waals surface area contributed by atoms with Gasteiger partial charge >= 0.3 is 48.4 Å². The summed E-state index contributed by atoms with van der Waals surface area (Å²) in [5, 5.41) is 0. The average Bonchev–Trinajstić information content (AvgIpc) is 0.722. The molecule has 0 aliphatic rings. The molecule has 0 fully saturated rings. The Morgan fingerprint density at radius 3 is 1.38 bits per heavy atom. The summed E-state index contributed by atoms with van der Waals surface area (Å²) >= 11 is 0. The van der Waals surface area contributed by atoms with E-state index in [9.17, 15) is 0 Å². The molecule has 8 heavy (non-hydrogen) atoms. The minimum Gasteiger partial charge on any atom is -0.870 e. The van der Waals surface area contributed by atoms with Crippen LogP contribution >= 0.6 is 0 Å². The summed E-state index contributed by atoms with van der Waals surface area (Å²) in [6, 6.07) is 0. The van der Waals surface area contributed by atoms with E-state index in [1.54, 1.807) is 0 Å². The number of rotatable bonds is 0. The first-order valence-electron chi connectivity index (χ1n) is 0.683. The Balaban J connectivity index is -0.0000000267. The molecule has 0 radical (unpaired) electrons. The molecule has 0 unspecified atom stereocenters. The Hall–Kier alpha value is 1.43. The molecule has 0 saturated carbocycles. The Bertz CT molecular complexity index is 95.6. The van der Waals surface area contributed by atoms with E-state index in [1.165, 1.54) is 0 Å². The minimum atomic E-state index is -4.92. The van der Waals surface area contributed by atoms with E-state index in [0.717, 1.165) is 0 Å². The van der Waals surface area contributed by atoms with E-state index in [4.69, 9.17) is 17.5 Å². The number of hydrogen-bond donors (Lipinski definition) is 1. The topological polar surface area (TPSA) is 107 Å². The smallest absolute Gasteiger partial charge is 0.870 e. The monoisotopic (exact) mass is 144 g/mol. The second-order valence-corrected chi connectivity index (χ2v) is 1.28. The molecule has 0 aromatic heterocycles. The van der Waals surface area contributed by atoms with Crippen LogP contribution < -0.4 is 48.4 Å². The third kappa shape index (κ3) is 151. The first-order valence-corrected chi connectivity index (χ1v) is 2.05. The van der Waals surface area contributed by atoms with E-state index < -0.39 is 10.4 Å². The summed E-state index contributed by atoms with van der Waals surface area (Å²) in [5.41, 5.74) is 0. The van der Waals surface area contributed by atoms with Crippen LogP contribution in [0.4, 0.5) is 0 Å². The van der Waals surface area contributed by atoms with Crippen molar-refractivity contribution in [3.63, 3.8) is 0 Å². The standard InChI is InChI=1S/Li.Na.H2O4S.H2O/c;;1-5(2,3)4;/h;;(H2,1,2,3,4);1H2/q2*+1;;/p-2. The van der Waals surface area contributed by atoms with E-state index in [1.807, 2.05) is 0 Å². The van der Waals surface area contributed by atoms with Gasteiger partial charge in [-0.15, -0.1) is 0 Å². The van der Waals surface area contributed by atoms with E-state index in [-0.39, 0.29) is 53.9 Å². The van der Waals surface area contributed by atoms with Crippen LogP contribution in [0.5, 0.6) is 0 Å². The van der Waals surface area contributed by atoms with Gasteiger partial charge in [0.25, 0.3) is 0 Å². The van der Waals surface area contributed by atoms with Gasteiger partial charge in [0.1, 0.15) is 0 Å². The van der Waals surface area contributed by atoms with Crippen LogP contribution in [0.1, 0.15) is 0 Å². The van der Waals surface area contributed by atoms with Gasteiger partial charge in [-0.2, -0.15) is 0 Å². The van der Waals surface area contributed by atoms with E-state index >= 15 is 0 Å². The Labute approximate surface area is 81.2 Å². The van der Waals surface area contributed by atoms with Gasteiger partial charge in [0.2, 0.25) is 10.4 Å². The molecule has 0 heterocycles. The van der Waals surface area contributed by atoms with Crippen LogP contribution in [-0.2, 0) is 10.4 Å². The second kappa shape index (κ2) is 8.43. The van der Waals surface area contributed by atoms with Crippen LogP contribution in [0, 0.1) is 0 Å². The molecule has 0 aliphatic carbocycles. The van der Waals surface area contributed by atoms with Crippen molar-refractivity contribution in [3.8, 4) is 0 Å². The van der Waals surface area contributed by atoms with E-state index in [0.29, 0.717) is 0 Å². The largest absolute Gasteiger partial charge is 1.00 e. The van der Waals surface area contributed by atoms with Crippen LogP contribution in [0.2, 0.25) is 0 Å². The Morgan fingerprint density at radius 2 is 1.38 bits per heavy atom. The summed E-state index contributed by atoms with van der Waals surface area (Å²) in [6.45, 7) is 0. The quantitative estimate of drug-likeness (QED) is 0.206. The maximum Gasteiger partial charge on any atom is 1.00 e. The molecule has 0 aliphatic heterocycles. The molecule has 0 amide bonds. The second-order valence-electron chi connectivity index (χ2n) is 0.428. The van der Waals surface area contributed by atoms with Crippen molar-refractivity contribution in [1.29, 1.82) is 0 Å². The molecule has 0 rings (SSSR count). The van der Waals surface area contributed by atoms with Gasteiger partial charge in [0.15, 0.2) is 0 Å². The maximum absolute atomic E-state index is 8.63. The Kier molecular flexibility index (Phi) is 23.9. The van der Waals surface area contributed by atoms with Crippen molar-refractivity contribution in [1.82, 2.24) is 0 Å². The van der Waals surface area contributed by atoms with E-state index in [2.05, 4.69) is 0 Å². The first-order chi connectivity index (χ1) is 2.00. The molecule has 5 nitrogen and oxygen atoms in total. The van der Waals surface area contributed by atoms with Crippen molar-refractivity contribution in [2.45, 2.75) is 0 Å². The molecule has 0 bridgehead atoms. The maximum atomic E-state index is 8.63. The fourth-order valence-corrected chi connectivity index (χ4v) is 0. The van der Waals surface area contributed by atoms with Crippen LogP contribution in [0.15, 0.2) is 0 Å². The SMILES string of the molecule is O=S(=O)([O-])O.[Li+].[Na+].[OH-]. The third-order valence-electron chi connectivity index (χ3n) is 0. The summed E-state index contributed by atoms with van der Waals surface area (Å²) in [6.07, 6.45) is 0. The zero-order valence-electron chi connectivity index (χ0n) is 4.53. The Morgan fingerprint density at radius 1 is 1.38 bits per heavy atom. The zero-order valence-corrected chi connectivity index (χ0v) is 7.34. The summed E-state index contributed by atoms with van der Waals surface area (Å²) in [7, 11) is -4.92. The normalized spacial score (nSPS) is 7.25. The van der Waals surface area contributed by atoms with Crippen LogP contribution in [-0.4, -0.2) is 23.0 Å². The zero-order chi connectivity index (χ0) is 4.50. The molecular formula is H2LiNaO5S. The third-order valence-corrected chi connectivity index (χ3v) is 0. The molecule has 0 spiro atoms. The van der Waals surface area contributed by atoms with Gasteiger partial charge in [-0.1, -0.05) is 0 Å². The van der Waals surface area contributed by atoms with Crippen molar-refractivity contribution >= 4 is 10.4 Å². The van der Waals surface area contributed by atoms with Crippen molar-refractivity contribution in [3.05, 3.63) is 0 Å². The molecule has 0 aromatic carbocycles. The first kappa shape index (κ1) is 22.7. The summed E-state index contributed by atoms with van der Waals surface area (Å²) in [4.78, 5) is 0. The van der Waals surface area contributed by atoms with Gasteiger partial charge in [-0.05, 0) is 0 Å². The van der Waals surface area contributed by atoms with Crippen molar-refractivity contribution in [2.75, 3.05) is 0 Å². The fraction of sp³-hybridized carbons (Fsp3) is 0. The molecule has 2 N–H and O–H groups in total. The summed E-state index contributed by atoms with van der Waals surface area (Å²) < 4.78 is 32.8. The number of hydrogen-bond acceptors (Lipinski definition) is 4. The van der Waals surface area contributed by atoms with Crippen LogP contribution in [0.25, 0.3) is 0 Å². The predicted octanol–water partition coefficient (Wildman–Crippen LogP) is -7.16. The molecule has 0 atom stereocenters. The van der Waals surface area contributed by atoms with Gasteiger partial charge in [0.05, 0.1) is 0 Å². The van der Waals surface area contributed by atoms with Gasteiger partial charge < -0.3 is 10.0 Å². The molecule has 8 heteroatoms. The molecular weight excluding hydrogens is 142 g/mol. The van der Waals surface area contributed by atoms with Crippen molar-refractivity contribution in [2.24, 2.45) is 0 Å². The predicted molar refractivity (Wildman–Crippen MR) is 14.3 cm³/mol. The average molecular weight is 144 g/mol. The van der Waals surface area contributed by atoms with Gasteiger partial charge in [0, 0.05) is 0 Å². The fourth-order valence-electron chi connectivity index (χ4n) is 0. The molecule has 40 valence electrons. The van der Waals surface area contributed by atoms with Gasteiger partial charge in [-0.3, -0.25) is 4.55 Å². The van der Waals surface area contributed by atoms with Crippen molar-refractivity contribution < 1.29 is 71.4 Å². The molecule has 0 aromatic rings.